The first-order valence-electron chi connectivity index (χ1n) is 18.4. The fourth-order valence-corrected chi connectivity index (χ4v) is 12.6. The fraction of sp³-hybridized carbons (Fsp3) is 0.895. The molecule has 1 aliphatic heterocycles. The quantitative estimate of drug-likeness (QED) is 0.190. The van der Waals surface area contributed by atoms with Crippen LogP contribution in [-0.2, 0) is 19.0 Å². The van der Waals surface area contributed by atoms with Crippen LogP contribution in [0.15, 0.2) is 11.6 Å². The van der Waals surface area contributed by atoms with Gasteiger partial charge in [-0.15, -0.1) is 0 Å². The average Bonchev–Trinajstić information content (AvgIpc) is 3.01. The van der Waals surface area contributed by atoms with Crippen LogP contribution in [-0.4, -0.2) is 83.0 Å². The Kier molecular flexibility index (Phi) is 8.97. The van der Waals surface area contributed by atoms with E-state index in [0.717, 1.165) is 64.2 Å². The molecular weight excluding hydrogens is 614 g/mol. The molecule has 0 unspecified atom stereocenters. The maximum Gasteiger partial charge on any atom is 0.407 e. The van der Waals surface area contributed by atoms with Gasteiger partial charge in [-0.3, -0.25) is 4.79 Å². The molecule has 0 spiro atoms. The molecule has 272 valence electrons. The van der Waals surface area contributed by atoms with Crippen LogP contribution in [0.1, 0.15) is 113 Å². The number of carbonyl (C=O) groups is 2. The molecule has 5 aliphatic carbocycles. The maximum atomic E-state index is 13.0. The van der Waals surface area contributed by atoms with Gasteiger partial charge in [-0.25, -0.2) is 4.79 Å². The summed E-state index contributed by atoms with van der Waals surface area (Å²) >= 11 is 0. The number of aliphatic carboxylic acids is 1. The van der Waals surface area contributed by atoms with Crippen molar-refractivity contribution < 1.29 is 44.2 Å². The molecule has 10 nitrogen and oxygen atoms in total. The number of ether oxygens (including phenoxy) is 3. The zero-order chi connectivity index (χ0) is 35.2. The standard InChI is InChI=1S/C38H61NO9/c1-33(2)15-17-38(31(43)44)18-16-36(6)21(22(38)19-33)9-10-25-35(5)13-12-26(34(3,4)24(35)11-14-37(25,36)7)48-30-27(39-32(45)46-8)29(42)28(41)23(20-40)47-30/h9,22-30,40-42H,10-20H2,1-8H3,(H,39,45)(H,43,44)/t22-,23+,24-,25+,26-,27+,28+,29+,30-,35-,36+,37+,38-/m0/s1. The van der Waals surface area contributed by atoms with Crippen molar-refractivity contribution in [3.05, 3.63) is 11.6 Å². The highest BCUT2D eigenvalue weighted by molar-refractivity contribution is 5.76. The summed E-state index contributed by atoms with van der Waals surface area (Å²) < 4.78 is 17.5. The van der Waals surface area contributed by atoms with E-state index in [1.807, 2.05) is 0 Å². The van der Waals surface area contributed by atoms with Crippen molar-refractivity contribution >= 4 is 12.1 Å². The van der Waals surface area contributed by atoms with Crippen LogP contribution in [0.25, 0.3) is 0 Å². The van der Waals surface area contributed by atoms with Gasteiger partial charge in [0.25, 0.3) is 0 Å². The predicted octanol–water partition coefficient (Wildman–Crippen LogP) is 5.42. The molecule has 1 saturated heterocycles. The van der Waals surface area contributed by atoms with Crippen molar-refractivity contribution in [2.45, 2.75) is 149 Å². The lowest BCUT2D eigenvalue weighted by molar-refractivity contribution is -0.306. The molecule has 13 atom stereocenters. The molecule has 4 saturated carbocycles. The summed E-state index contributed by atoms with van der Waals surface area (Å²) in [7, 11) is 1.23. The van der Waals surface area contributed by atoms with Crippen LogP contribution in [0.2, 0.25) is 0 Å². The van der Waals surface area contributed by atoms with Gasteiger partial charge < -0.3 is 40.0 Å². The van der Waals surface area contributed by atoms with Crippen LogP contribution in [0, 0.1) is 50.2 Å². The number of aliphatic hydroxyl groups is 3. The number of alkyl carbamates (subject to hydrolysis) is 1. The summed E-state index contributed by atoms with van der Waals surface area (Å²) in [5.41, 5.74) is 0.626. The smallest absolute Gasteiger partial charge is 0.407 e. The Morgan fingerprint density at radius 3 is 2.27 bits per heavy atom. The van der Waals surface area contributed by atoms with E-state index in [9.17, 15) is 30.0 Å². The topological polar surface area (TPSA) is 155 Å². The lowest BCUT2D eigenvalue weighted by Gasteiger charge is -2.71. The minimum absolute atomic E-state index is 0.0228. The number of carbonyl (C=O) groups excluding carboxylic acids is 1. The number of hydrogen-bond acceptors (Lipinski definition) is 8. The fourth-order valence-electron chi connectivity index (χ4n) is 12.6. The number of hydrogen-bond donors (Lipinski definition) is 5. The molecule has 5 fully saturated rings. The van der Waals surface area contributed by atoms with Crippen LogP contribution >= 0.6 is 0 Å². The lowest BCUT2D eigenvalue weighted by atomic mass is 9.33. The number of carboxylic acid groups (broad SMARTS) is 1. The molecule has 10 heteroatoms. The van der Waals surface area contributed by atoms with Gasteiger partial charge >= 0.3 is 12.1 Å². The first-order chi connectivity index (χ1) is 22.3. The number of methoxy groups -OCH3 is 1. The molecule has 1 heterocycles. The van der Waals surface area contributed by atoms with E-state index in [1.54, 1.807) is 0 Å². The summed E-state index contributed by atoms with van der Waals surface area (Å²) in [6, 6.07) is -1.08. The largest absolute Gasteiger partial charge is 0.481 e. The van der Waals surface area contributed by atoms with Crippen molar-refractivity contribution in [2.24, 2.45) is 50.2 Å². The molecular formula is C38H61NO9. The van der Waals surface area contributed by atoms with Gasteiger partial charge in [0.15, 0.2) is 6.29 Å². The second kappa shape index (κ2) is 11.9. The Labute approximate surface area is 286 Å². The summed E-state index contributed by atoms with van der Waals surface area (Å²) in [4.78, 5) is 25.2. The highest BCUT2D eigenvalue weighted by Gasteiger charge is 2.69. The Hall–Kier alpha value is -1.72. The van der Waals surface area contributed by atoms with E-state index in [4.69, 9.17) is 14.2 Å². The third kappa shape index (κ3) is 5.12. The summed E-state index contributed by atoms with van der Waals surface area (Å²) in [6.07, 6.45) is 5.58. The van der Waals surface area contributed by atoms with E-state index in [2.05, 4.69) is 59.9 Å². The molecule has 0 aromatic carbocycles. The number of nitrogens with one attached hydrogen (secondary N) is 1. The monoisotopic (exact) mass is 675 g/mol. The third-order valence-electron chi connectivity index (χ3n) is 15.7. The predicted molar refractivity (Wildman–Crippen MR) is 179 cm³/mol. The van der Waals surface area contributed by atoms with Crippen LogP contribution < -0.4 is 5.32 Å². The molecule has 48 heavy (non-hydrogen) atoms. The molecule has 0 aromatic heterocycles. The van der Waals surface area contributed by atoms with Crippen LogP contribution in [0.4, 0.5) is 4.79 Å². The number of amides is 1. The molecule has 0 aromatic rings. The van der Waals surface area contributed by atoms with Crippen molar-refractivity contribution in [3.63, 3.8) is 0 Å². The average molecular weight is 676 g/mol. The third-order valence-corrected chi connectivity index (χ3v) is 15.7. The van der Waals surface area contributed by atoms with E-state index >= 15 is 0 Å². The molecule has 0 bridgehead atoms. The second-order valence-corrected chi connectivity index (χ2v) is 18.5. The van der Waals surface area contributed by atoms with Gasteiger partial charge in [0.2, 0.25) is 0 Å². The number of aliphatic hydroxyl groups excluding tert-OH is 3. The van der Waals surface area contributed by atoms with E-state index in [1.165, 1.54) is 12.7 Å². The van der Waals surface area contributed by atoms with Crippen LogP contribution in [0.5, 0.6) is 0 Å². The minimum Gasteiger partial charge on any atom is -0.481 e. The Morgan fingerprint density at radius 2 is 1.62 bits per heavy atom. The Balaban J connectivity index is 1.29. The summed E-state index contributed by atoms with van der Waals surface area (Å²) in [5.74, 6) is 0.241. The first kappa shape index (κ1) is 36.1. The number of allylic oxidation sites excluding steroid dienone is 2. The minimum atomic E-state index is -1.42. The van der Waals surface area contributed by atoms with Gasteiger partial charge in [-0.1, -0.05) is 60.1 Å². The number of carboxylic acids is 1. The molecule has 6 rings (SSSR count). The van der Waals surface area contributed by atoms with E-state index in [0.29, 0.717) is 11.8 Å². The summed E-state index contributed by atoms with van der Waals surface area (Å²) in [6.45, 7) is 16.1. The number of rotatable bonds is 5. The van der Waals surface area contributed by atoms with Gasteiger partial charge in [0.1, 0.15) is 24.4 Å². The zero-order valence-corrected chi connectivity index (χ0v) is 30.4. The van der Waals surface area contributed by atoms with Gasteiger partial charge in [-0.05, 0) is 109 Å². The van der Waals surface area contributed by atoms with Crippen molar-refractivity contribution in [1.82, 2.24) is 5.32 Å². The summed E-state index contributed by atoms with van der Waals surface area (Å²) in [5, 5.41) is 44.6. The Morgan fingerprint density at radius 1 is 0.938 bits per heavy atom. The van der Waals surface area contributed by atoms with Crippen LogP contribution in [0.3, 0.4) is 0 Å². The van der Waals surface area contributed by atoms with Gasteiger partial charge in [0.05, 0.1) is 25.2 Å². The highest BCUT2D eigenvalue weighted by Crippen LogP contribution is 2.76. The second-order valence-electron chi connectivity index (χ2n) is 18.5. The lowest BCUT2D eigenvalue weighted by Crippen LogP contribution is -2.67. The zero-order valence-electron chi connectivity index (χ0n) is 30.4. The normalized spacial score (nSPS) is 49.2. The van der Waals surface area contributed by atoms with Crippen molar-refractivity contribution in [2.75, 3.05) is 13.7 Å². The number of fused-ring (bicyclic) bond motifs is 7. The maximum absolute atomic E-state index is 13.0. The van der Waals surface area contributed by atoms with Crippen molar-refractivity contribution in [3.8, 4) is 0 Å². The van der Waals surface area contributed by atoms with E-state index < -0.39 is 54.7 Å². The molecule has 0 radical (unpaired) electrons. The molecule has 5 N–H and O–H groups in total. The SMILES string of the molecule is COC(=O)N[C@H]1[C@H](O[C@H]2CC[C@]3(C)[C@H]4CC=C5[C@@H]6CC(C)(C)CC[C@]6(C(=O)O)CC[C@@]5(C)[C@]4(C)CC[C@H]3C2(C)C)O[C@H](CO)[C@@H](O)[C@@H]1O. The van der Waals surface area contributed by atoms with Gasteiger partial charge in [-0.2, -0.15) is 0 Å². The van der Waals surface area contributed by atoms with Crippen molar-refractivity contribution in [1.29, 1.82) is 0 Å². The first-order valence-corrected chi connectivity index (χ1v) is 18.4. The Bertz CT molecular complexity index is 1310. The molecule has 1 amide bonds. The van der Waals surface area contributed by atoms with Gasteiger partial charge in [0, 0.05) is 0 Å². The molecule has 6 aliphatic rings. The highest BCUT2D eigenvalue weighted by atomic mass is 16.7. The van der Waals surface area contributed by atoms with E-state index in [-0.39, 0.29) is 39.1 Å².